The minimum absolute atomic E-state index is 0.205. The number of rotatable bonds is 1. The van der Waals surface area contributed by atoms with E-state index in [4.69, 9.17) is 4.74 Å². The second kappa shape index (κ2) is 4.45. The van der Waals surface area contributed by atoms with Crippen LogP contribution in [0.25, 0.3) is 0 Å². The van der Waals surface area contributed by atoms with Crippen molar-refractivity contribution in [2.45, 2.75) is 12.8 Å². The zero-order valence-corrected chi connectivity index (χ0v) is 8.17. The van der Waals surface area contributed by atoms with Crippen molar-refractivity contribution >= 4 is 27.8 Å². The summed E-state index contributed by atoms with van der Waals surface area (Å²) in [5.41, 5.74) is 0.205. The van der Waals surface area contributed by atoms with E-state index in [0.717, 1.165) is 0 Å². The van der Waals surface area contributed by atoms with E-state index < -0.39 is 0 Å². The summed E-state index contributed by atoms with van der Waals surface area (Å²) in [6.07, 6.45) is 0.564. The van der Waals surface area contributed by atoms with Gasteiger partial charge in [-0.05, 0) is 15.9 Å². The number of amides is 1. The van der Waals surface area contributed by atoms with E-state index >= 15 is 0 Å². The molecule has 12 heavy (non-hydrogen) atoms. The molecule has 1 aliphatic rings. The Labute approximate surface area is 79.0 Å². The Balaban J connectivity index is 2.33. The number of alkyl halides is 1. The third-order valence-electron chi connectivity index (χ3n) is 1.76. The highest BCUT2D eigenvalue weighted by Crippen LogP contribution is 2.07. The SMILES string of the molecule is O=C1CCN(C(=O)OCBr)CC1. The lowest BCUT2D eigenvalue weighted by molar-refractivity contribution is -0.121. The molecular weight excluding hydrogens is 226 g/mol. The molecule has 0 aromatic rings. The third-order valence-corrected chi connectivity index (χ3v) is 1.99. The summed E-state index contributed by atoms with van der Waals surface area (Å²) >= 11 is 2.99. The second-order valence-electron chi connectivity index (χ2n) is 2.55. The topological polar surface area (TPSA) is 46.6 Å². The van der Waals surface area contributed by atoms with Gasteiger partial charge in [-0.1, -0.05) is 0 Å². The fourth-order valence-corrected chi connectivity index (χ4v) is 1.27. The van der Waals surface area contributed by atoms with Crippen LogP contribution in [-0.4, -0.2) is 35.4 Å². The van der Waals surface area contributed by atoms with Gasteiger partial charge >= 0.3 is 6.09 Å². The van der Waals surface area contributed by atoms with E-state index in [1.165, 1.54) is 0 Å². The summed E-state index contributed by atoms with van der Waals surface area (Å²) in [4.78, 5) is 23.4. The molecule has 0 N–H and O–H groups in total. The van der Waals surface area contributed by atoms with Crippen LogP contribution in [0.2, 0.25) is 0 Å². The Kier molecular flexibility index (Phi) is 3.52. The van der Waals surface area contributed by atoms with Crippen LogP contribution >= 0.6 is 15.9 Å². The van der Waals surface area contributed by atoms with Crippen molar-refractivity contribution < 1.29 is 14.3 Å². The predicted octanol–water partition coefficient (Wildman–Crippen LogP) is 1.14. The molecule has 1 saturated heterocycles. The number of carbonyl (C=O) groups excluding carboxylic acids is 2. The van der Waals surface area contributed by atoms with Gasteiger partial charge in [0.15, 0.2) is 0 Å². The van der Waals surface area contributed by atoms with Crippen molar-refractivity contribution in [1.82, 2.24) is 4.90 Å². The van der Waals surface area contributed by atoms with Gasteiger partial charge in [0.25, 0.3) is 0 Å². The fraction of sp³-hybridized carbons (Fsp3) is 0.714. The molecule has 0 bridgehead atoms. The summed E-state index contributed by atoms with van der Waals surface area (Å²) < 4.78 is 4.71. The van der Waals surface area contributed by atoms with Crippen molar-refractivity contribution in [3.63, 3.8) is 0 Å². The van der Waals surface area contributed by atoms with Crippen LogP contribution in [0, 0.1) is 0 Å². The molecule has 1 amide bonds. The van der Waals surface area contributed by atoms with Crippen LogP contribution in [0.15, 0.2) is 0 Å². The van der Waals surface area contributed by atoms with E-state index in [1.54, 1.807) is 4.90 Å². The summed E-state index contributed by atoms with van der Waals surface area (Å²) in [5, 5.41) is 0. The van der Waals surface area contributed by atoms with Gasteiger partial charge in [-0.2, -0.15) is 0 Å². The molecule has 0 saturated carbocycles. The number of nitrogens with zero attached hydrogens (tertiary/aromatic N) is 1. The Morgan fingerprint density at radius 2 is 2.08 bits per heavy atom. The van der Waals surface area contributed by atoms with E-state index in [9.17, 15) is 9.59 Å². The number of piperidine rings is 1. The average Bonchev–Trinajstić information content (AvgIpc) is 2.06. The maximum absolute atomic E-state index is 11.1. The van der Waals surface area contributed by atoms with Gasteiger partial charge in [0.2, 0.25) is 0 Å². The molecule has 68 valence electrons. The average molecular weight is 236 g/mol. The molecule has 0 aliphatic carbocycles. The van der Waals surface area contributed by atoms with E-state index in [1.807, 2.05) is 0 Å². The van der Waals surface area contributed by atoms with Crippen LogP contribution in [0.3, 0.4) is 0 Å². The number of ketones is 1. The van der Waals surface area contributed by atoms with Crippen LogP contribution in [0.5, 0.6) is 0 Å². The number of hydrogen-bond acceptors (Lipinski definition) is 3. The Hall–Kier alpha value is -0.580. The predicted molar refractivity (Wildman–Crippen MR) is 46.1 cm³/mol. The summed E-state index contributed by atoms with van der Waals surface area (Å²) in [5.74, 6) is 0.220. The second-order valence-corrected chi connectivity index (χ2v) is 3.00. The molecule has 0 aromatic heterocycles. The van der Waals surface area contributed by atoms with Gasteiger partial charge in [-0.25, -0.2) is 4.79 Å². The molecule has 0 atom stereocenters. The zero-order valence-electron chi connectivity index (χ0n) is 6.59. The number of hydrogen-bond donors (Lipinski definition) is 0. The molecule has 1 rings (SSSR count). The summed E-state index contributed by atoms with van der Waals surface area (Å²) in [6, 6.07) is 0. The lowest BCUT2D eigenvalue weighted by Crippen LogP contribution is -2.38. The van der Waals surface area contributed by atoms with Gasteiger partial charge < -0.3 is 9.64 Å². The molecule has 4 nitrogen and oxygen atoms in total. The highest BCUT2D eigenvalue weighted by atomic mass is 79.9. The third kappa shape index (κ3) is 2.48. The first-order chi connectivity index (χ1) is 5.74. The van der Waals surface area contributed by atoms with Crippen molar-refractivity contribution in [2.75, 3.05) is 18.6 Å². The normalized spacial score (nSPS) is 17.8. The Bertz CT molecular complexity index is 185. The molecular formula is C7H10BrNO3. The van der Waals surface area contributed by atoms with Gasteiger partial charge in [0.05, 0.1) is 0 Å². The van der Waals surface area contributed by atoms with Gasteiger partial charge in [0.1, 0.15) is 11.3 Å². The maximum Gasteiger partial charge on any atom is 0.410 e. The van der Waals surface area contributed by atoms with Crippen molar-refractivity contribution in [3.05, 3.63) is 0 Å². The van der Waals surface area contributed by atoms with Crippen molar-refractivity contribution in [2.24, 2.45) is 0 Å². The minimum Gasteiger partial charge on any atom is -0.438 e. The maximum atomic E-state index is 11.1. The smallest absolute Gasteiger partial charge is 0.410 e. The molecule has 0 aromatic carbocycles. The largest absolute Gasteiger partial charge is 0.438 e. The van der Waals surface area contributed by atoms with Crippen molar-refractivity contribution in [1.29, 1.82) is 0 Å². The monoisotopic (exact) mass is 235 g/mol. The first-order valence-corrected chi connectivity index (χ1v) is 4.85. The minimum atomic E-state index is -0.348. The molecule has 5 heteroatoms. The molecule has 1 fully saturated rings. The van der Waals surface area contributed by atoms with Gasteiger partial charge in [0, 0.05) is 25.9 Å². The Morgan fingerprint density at radius 3 is 2.58 bits per heavy atom. The molecule has 1 heterocycles. The number of carbonyl (C=O) groups is 2. The molecule has 0 spiro atoms. The van der Waals surface area contributed by atoms with Crippen LogP contribution in [0.1, 0.15) is 12.8 Å². The number of likely N-dealkylation sites (tertiary alicyclic amines) is 1. The van der Waals surface area contributed by atoms with E-state index in [-0.39, 0.29) is 17.4 Å². The summed E-state index contributed by atoms with van der Waals surface area (Å²) in [6.45, 7) is 0.981. The molecule has 1 aliphatic heterocycles. The van der Waals surface area contributed by atoms with Gasteiger partial charge in [-0.15, -0.1) is 0 Å². The van der Waals surface area contributed by atoms with E-state index in [2.05, 4.69) is 15.9 Å². The lowest BCUT2D eigenvalue weighted by atomic mass is 10.1. The quantitative estimate of drug-likeness (QED) is 0.641. The number of halogens is 1. The van der Waals surface area contributed by atoms with Crippen LogP contribution in [0.4, 0.5) is 4.79 Å². The number of Topliss-reactive ketones (excluding diaryl/α,β-unsaturated/α-hetero) is 1. The summed E-state index contributed by atoms with van der Waals surface area (Å²) in [7, 11) is 0. The first-order valence-electron chi connectivity index (χ1n) is 3.73. The zero-order chi connectivity index (χ0) is 8.97. The molecule has 0 radical (unpaired) electrons. The highest BCUT2D eigenvalue weighted by molar-refractivity contribution is 9.09. The first kappa shape index (κ1) is 9.51. The van der Waals surface area contributed by atoms with Crippen molar-refractivity contribution in [3.8, 4) is 0 Å². The molecule has 0 unspecified atom stereocenters. The standard InChI is InChI=1S/C7H10BrNO3/c8-5-12-7(11)9-3-1-6(10)2-4-9/h1-5H2. The Morgan fingerprint density at radius 1 is 1.50 bits per heavy atom. The van der Waals surface area contributed by atoms with Gasteiger partial charge in [-0.3, -0.25) is 4.79 Å². The highest BCUT2D eigenvalue weighted by Gasteiger charge is 2.21. The van der Waals surface area contributed by atoms with Crippen LogP contribution in [-0.2, 0) is 9.53 Å². The van der Waals surface area contributed by atoms with Crippen LogP contribution < -0.4 is 0 Å². The number of ether oxygens (including phenoxy) is 1. The van der Waals surface area contributed by atoms with E-state index in [0.29, 0.717) is 25.9 Å². The lowest BCUT2D eigenvalue weighted by Gasteiger charge is -2.24. The fourth-order valence-electron chi connectivity index (χ4n) is 1.08.